The first-order valence-corrected chi connectivity index (χ1v) is 6.73. The van der Waals surface area contributed by atoms with Gasteiger partial charge in [0.25, 0.3) is 0 Å². The van der Waals surface area contributed by atoms with Gasteiger partial charge in [-0.05, 0) is 24.5 Å². The molecule has 0 spiro atoms. The zero-order valence-electron chi connectivity index (χ0n) is 11.0. The van der Waals surface area contributed by atoms with Crippen molar-refractivity contribution in [2.24, 2.45) is 0 Å². The lowest BCUT2D eigenvalue weighted by atomic mass is 9.80. The summed E-state index contributed by atoms with van der Waals surface area (Å²) in [5.74, 6) is -0.378. The van der Waals surface area contributed by atoms with Gasteiger partial charge in [0.2, 0.25) is 0 Å². The third-order valence-electron chi connectivity index (χ3n) is 3.82. The number of Topliss-reactive ketones (excluding diaryl/α,β-unsaturated/α-hetero) is 1. The van der Waals surface area contributed by atoms with Gasteiger partial charge in [-0.25, -0.2) is 0 Å². The number of halogens is 3. The summed E-state index contributed by atoms with van der Waals surface area (Å²) >= 11 is 0. The molecule has 0 radical (unpaired) electrons. The van der Waals surface area contributed by atoms with Gasteiger partial charge in [-0.2, -0.15) is 13.2 Å². The van der Waals surface area contributed by atoms with Crippen LogP contribution in [0.25, 0.3) is 0 Å². The van der Waals surface area contributed by atoms with E-state index in [1.54, 1.807) is 0 Å². The van der Waals surface area contributed by atoms with E-state index in [2.05, 4.69) is 0 Å². The highest BCUT2D eigenvalue weighted by atomic mass is 19.4. The average molecular weight is 286 g/mol. The highest BCUT2D eigenvalue weighted by molar-refractivity contribution is 5.89. The Morgan fingerprint density at radius 1 is 1.20 bits per heavy atom. The topological polar surface area (TPSA) is 37.3 Å². The number of hydrogen-bond donors (Lipinski definition) is 1. The average Bonchev–Trinajstić information content (AvgIpc) is 2.39. The van der Waals surface area contributed by atoms with E-state index in [9.17, 15) is 23.1 Å². The first-order chi connectivity index (χ1) is 9.31. The van der Waals surface area contributed by atoms with E-state index in [1.807, 2.05) is 0 Å². The van der Waals surface area contributed by atoms with E-state index in [0.29, 0.717) is 18.4 Å². The molecule has 1 aliphatic carbocycles. The van der Waals surface area contributed by atoms with Gasteiger partial charge >= 0.3 is 6.18 Å². The summed E-state index contributed by atoms with van der Waals surface area (Å²) in [5, 5.41) is 10.3. The Balaban J connectivity index is 2.12. The SMILES string of the molecule is O=C(Cc1cccc(C(F)(F)F)c1)C1(O)CCCCC1. The highest BCUT2D eigenvalue weighted by Gasteiger charge is 2.37. The molecule has 0 aromatic heterocycles. The Kier molecular flexibility index (Phi) is 4.18. The van der Waals surface area contributed by atoms with Gasteiger partial charge < -0.3 is 5.11 Å². The number of aliphatic hydroxyl groups is 1. The van der Waals surface area contributed by atoms with Gasteiger partial charge in [-0.1, -0.05) is 37.5 Å². The molecule has 0 aliphatic heterocycles. The second kappa shape index (κ2) is 5.56. The smallest absolute Gasteiger partial charge is 0.382 e. The molecule has 1 aromatic carbocycles. The van der Waals surface area contributed by atoms with E-state index < -0.39 is 17.3 Å². The Morgan fingerprint density at radius 3 is 2.45 bits per heavy atom. The number of carbonyl (C=O) groups is 1. The van der Waals surface area contributed by atoms with Crippen molar-refractivity contribution in [2.75, 3.05) is 0 Å². The minimum Gasteiger partial charge on any atom is -0.382 e. The number of benzene rings is 1. The fraction of sp³-hybridized carbons (Fsp3) is 0.533. The van der Waals surface area contributed by atoms with E-state index in [4.69, 9.17) is 0 Å². The van der Waals surface area contributed by atoms with Gasteiger partial charge in [-0.15, -0.1) is 0 Å². The molecule has 0 amide bonds. The molecule has 20 heavy (non-hydrogen) atoms. The van der Waals surface area contributed by atoms with Crippen molar-refractivity contribution >= 4 is 5.78 Å². The van der Waals surface area contributed by atoms with Crippen LogP contribution in [0.4, 0.5) is 13.2 Å². The Morgan fingerprint density at radius 2 is 1.85 bits per heavy atom. The molecular weight excluding hydrogens is 269 g/mol. The van der Waals surface area contributed by atoms with Gasteiger partial charge in [0.1, 0.15) is 5.60 Å². The molecule has 5 heteroatoms. The van der Waals surface area contributed by atoms with Crippen molar-refractivity contribution < 1.29 is 23.1 Å². The molecule has 0 bridgehead atoms. The molecule has 2 nitrogen and oxygen atoms in total. The molecule has 2 rings (SSSR count). The maximum atomic E-state index is 12.6. The summed E-state index contributed by atoms with van der Waals surface area (Å²) < 4.78 is 37.8. The number of ketones is 1. The minimum absolute atomic E-state index is 0.152. The lowest BCUT2D eigenvalue weighted by molar-refractivity contribution is -0.140. The largest absolute Gasteiger partial charge is 0.416 e. The van der Waals surface area contributed by atoms with Crippen molar-refractivity contribution in [3.8, 4) is 0 Å². The molecule has 110 valence electrons. The van der Waals surface area contributed by atoms with Crippen molar-refractivity contribution in [2.45, 2.75) is 50.3 Å². The first kappa shape index (κ1) is 15.0. The van der Waals surface area contributed by atoms with Crippen LogP contribution in [-0.4, -0.2) is 16.5 Å². The molecule has 1 aliphatic rings. The second-order valence-electron chi connectivity index (χ2n) is 5.39. The third kappa shape index (κ3) is 3.39. The molecular formula is C15H17F3O2. The zero-order valence-corrected chi connectivity index (χ0v) is 11.0. The Hall–Kier alpha value is -1.36. The quantitative estimate of drug-likeness (QED) is 0.923. The molecule has 0 unspecified atom stereocenters. The standard InChI is InChI=1S/C15H17F3O2/c16-15(17,18)12-6-4-5-11(9-12)10-13(19)14(20)7-2-1-3-8-14/h4-6,9,20H,1-3,7-8,10H2. The number of carbonyl (C=O) groups excluding carboxylic acids is 1. The van der Waals surface area contributed by atoms with Crippen LogP contribution in [0.1, 0.15) is 43.2 Å². The monoisotopic (exact) mass is 286 g/mol. The van der Waals surface area contributed by atoms with Crippen LogP contribution in [0, 0.1) is 0 Å². The van der Waals surface area contributed by atoms with E-state index in [-0.39, 0.29) is 12.2 Å². The maximum Gasteiger partial charge on any atom is 0.416 e. The number of alkyl halides is 3. The molecule has 1 fully saturated rings. The fourth-order valence-electron chi connectivity index (χ4n) is 2.62. The molecule has 1 aromatic rings. The summed E-state index contributed by atoms with van der Waals surface area (Å²) in [6.07, 6.45) is -1.20. The van der Waals surface area contributed by atoms with E-state index in [1.165, 1.54) is 12.1 Å². The van der Waals surface area contributed by atoms with E-state index >= 15 is 0 Å². The third-order valence-corrected chi connectivity index (χ3v) is 3.82. The van der Waals surface area contributed by atoms with E-state index in [0.717, 1.165) is 31.4 Å². The second-order valence-corrected chi connectivity index (χ2v) is 5.39. The summed E-state index contributed by atoms with van der Waals surface area (Å²) in [6, 6.07) is 4.73. The minimum atomic E-state index is -4.42. The summed E-state index contributed by atoms with van der Waals surface area (Å²) in [4.78, 5) is 12.1. The van der Waals surface area contributed by atoms with Gasteiger partial charge in [-0.3, -0.25) is 4.79 Å². The highest BCUT2D eigenvalue weighted by Crippen LogP contribution is 2.32. The molecule has 1 saturated carbocycles. The molecule has 1 N–H and O–H groups in total. The van der Waals surface area contributed by atoms with Gasteiger partial charge in [0.15, 0.2) is 5.78 Å². The van der Waals surface area contributed by atoms with Crippen LogP contribution in [0.5, 0.6) is 0 Å². The van der Waals surface area contributed by atoms with Gasteiger partial charge in [0, 0.05) is 6.42 Å². The summed E-state index contributed by atoms with van der Waals surface area (Å²) in [6.45, 7) is 0. The van der Waals surface area contributed by atoms with Crippen molar-refractivity contribution in [1.29, 1.82) is 0 Å². The first-order valence-electron chi connectivity index (χ1n) is 6.73. The molecule has 0 heterocycles. The van der Waals surface area contributed by atoms with Crippen LogP contribution >= 0.6 is 0 Å². The van der Waals surface area contributed by atoms with Crippen molar-refractivity contribution in [1.82, 2.24) is 0 Å². The maximum absolute atomic E-state index is 12.6. The lowest BCUT2D eigenvalue weighted by Gasteiger charge is -2.30. The molecule has 0 saturated heterocycles. The van der Waals surface area contributed by atoms with Gasteiger partial charge in [0.05, 0.1) is 5.56 Å². The van der Waals surface area contributed by atoms with Crippen molar-refractivity contribution in [3.63, 3.8) is 0 Å². The predicted molar refractivity (Wildman–Crippen MR) is 68.2 cm³/mol. The summed E-state index contributed by atoms with van der Waals surface area (Å²) in [5.41, 5.74) is -1.82. The van der Waals surface area contributed by atoms with Crippen LogP contribution in [-0.2, 0) is 17.4 Å². The summed E-state index contributed by atoms with van der Waals surface area (Å²) in [7, 11) is 0. The van der Waals surface area contributed by atoms with Crippen molar-refractivity contribution in [3.05, 3.63) is 35.4 Å². The normalized spacial score (nSPS) is 18.8. The zero-order chi connectivity index (χ0) is 14.8. The number of rotatable bonds is 3. The van der Waals surface area contributed by atoms with Crippen LogP contribution in [0.2, 0.25) is 0 Å². The van der Waals surface area contributed by atoms with Crippen LogP contribution in [0.15, 0.2) is 24.3 Å². The van der Waals surface area contributed by atoms with Crippen LogP contribution in [0.3, 0.4) is 0 Å². The predicted octanol–water partition coefficient (Wildman–Crippen LogP) is 3.51. The Labute approximate surface area is 115 Å². The Bertz CT molecular complexity index is 488. The number of hydrogen-bond acceptors (Lipinski definition) is 2. The lowest BCUT2D eigenvalue weighted by Crippen LogP contribution is -2.41. The molecule has 0 atom stereocenters. The fourth-order valence-corrected chi connectivity index (χ4v) is 2.62. The van der Waals surface area contributed by atoms with Crippen LogP contribution < -0.4 is 0 Å².